The van der Waals surface area contributed by atoms with Crippen molar-refractivity contribution in [2.45, 2.75) is 12.0 Å². The Morgan fingerprint density at radius 3 is 2.42 bits per heavy atom. The predicted octanol–water partition coefficient (Wildman–Crippen LogP) is 3.64. The fraction of sp³-hybridized carbons (Fsp3) is 0.250. The number of hydrogen-bond donors (Lipinski definition) is 0. The molecule has 1 aromatic rings. The summed E-state index contributed by atoms with van der Waals surface area (Å²) >= 11 is 2.56. The highest BCUT2D eigenvalue weighted by Gasteiger charge is 2.14. The van der Waals surface area contributed by atoms with Crippen LogP contribution >= 0.6 is 15.9 Å². The molecule has 0 nitrogen and oxygen atoms in total. The van der Waals surface area contributed by atoms with Crippen LogP contribution in [0.5, 0.6) is 0 Å². The van der Waals surface area contributed by atoms with Crippen LogP contribution in [0.25, 0.3) is 0 Å². The first-order valence-electron chi connectivity index (χ1n) is 3.26. The summed E-state index contributed by atoms with van der Waals surface area (Å²) in [6.45, 7) is 1.27. The minimum absolute atomic E-state index is 0.158. The molecule has 0 saturated carbocycles. The molecule has 12 heavy (non-hydrogen) atoms. The third kappa shape index (κ3) is 1.63. The molecular formula is C8H6BrF3. The zero-order valence-corrected chi connectivity index (χ0v) is 7.83. The van der Waals surface area contributed by atoms with Gasteiger partial charge in [-0.25, -0.2) is 13.2 Å². The van der Waals surface area contributed by atoms with Gasteiger partial charge in [-0.2, -0.15) is 0 Å². The van der Waals surface area contributed by atoms with Gasteiger partial charge in [0.25, 0.3) is 0 Å². The quantitative estimate of drug-likeness (QED) is 0.656. The van der Waals surface area contributed by atoms with Crippen LogP contribution in [0.4, 0.5) is 13.2 Å². The van der Waals surface area contributed by atoms with Crippen molar-refractivity contribution in [2.75, 3.05) is 0 Å². The minimum Gasteiger partial charge on any atom is -0.230 e. The van der Waals surface area contributed by atoms with E-state index in [1.165, 1.54) is 6.92 Å². The van der Waals surface area contributed by atoms with Crippen molar-refractivity contribution in [3.8, 4) is 0 Å². The average molecular weight is 239 g/mol. The lowest BCUT2D eigenvalue weighted by atomic mass is 10.1. The smallest absolute Gasteiger partial charge is 0.182 e. The van der Waals surface area contributed by atoms with Crippen LogP contribution in [-0.2, 0) is 0 Å². The van der Waals surface area contributed by atoms with E-state index in [2.05, 4.69) is 15.9 Å². The summed E-state index contributed by atoms with van der Waals surface area (Å²) in [5.41, 5.74) is -0.330. The van der Waals surface area contributed by atoms with Crippen LogP contribution in [0.3, 0.4) is 0 Å². The standard InChI is InChI=1S/C8H6BrF3/c1-4-6(10)3-2-5(7(4)11)8(9)12/h2-3,8H,1H3. The lowest BCUT2D eigenvalue weighted by molar-refractivity contribution is 0.452. The van der Waals surface area contributed by atoms with Crippen LogP contribution in [0, 0.1) is 18.6 Å². The topological polar surface area (TPSA) is 0 Å². The maximum atomic E-state index is 13.0. The summed E-state index contributed by atoms with van der Waals surface area (Å²) in [4.78, 5) is 0. The van der Waals surface area contributed by atoms with Gasteiger partial charge in [0.05, 0.1) is 0 Å². The molecule has 66 valence electrons. The summed E-state index contributed by atoms with van der Waals surface area (Å²) in [5, 5.41) is -1.59. The van der Waals surface area contributed by atoms with Crippen LogP contribution in [0.1, 0.15) is 16.2 Å². The summed E-state index contributed by atoms with van der Waals surface area (Å²) in [7, 11) is 0. The van der Waals surface area contributed by atoms with Gasteiger partial charge in [0.2, 0.25) is 0 Å². The normalized spacial score (nSPS) is 13.1. The Labute approximate surface area is 76.5 Å². The molecule has 0 aromatic heterocycles. The molecule has 0 heterocycles. The van der Waals surface area contributed by atoms with Gasteiger partial charge in [-0.05, 0) is 35.0 Å². The summed E-state index contributed by atoms with van der Waals surface area (Å²) in [6, 6.07) is 2.12. The molecule has 0 spiro atoms. The van der Waals surface area contributed by atoms with Crippen molar-refractivity contribution in [3.63, 3.8) is 0 Å². The van der Waals surface area contributed by atoms with E-state index in [-0.39, 0.29) is 11.1 Å². The van der Waals surface area contributed by atoms with Gasteiger partial charge in [0.15, 0.2) is 5.08 Å². The van der Waals surface area contributed by atoms with Crippen molar-refractivity contribution < 1.29 is 13.2 Å². The van der Waals surface area contributed by atoms with Crippen LogP contribution in [0.2, 0.25) is 0 Å². The zero-order chi connectivity index (χ0) is 9.30. The second-order valence-electron chi connectivity index (χ2n) is 2.38. The summed E-state index contributed by atoms with van der Waals surface area (Å²) < 4.78 is 38.2. The third-order valence-electron chi connectivity index (χ3n) is 1.59. The first-order chi connectivity index (χ1) is 5.54. The fourth-order valence-electron chi connectivity index (χ4n) is 0.851. The molecular weight excluding hydrogens is 233 g/mol. The molecule has 1 aromatic carbocycles. The van der Waals surface area contributed by atoms with Gasteiger partial charge >= 0.3 is 0 Å². The molecule has 0 bridgehead atoms. The number of hydrogen-bond acceptors (Lipinski definition) is 0. The third-order valence-corrected chi connectivity index (χ3v) is 2.08. The van der Waals surface area contributed by atoms with E-state index in [1.54, 1.807) is 0 Å². The molecule has 0 aliphatic rings. The van der Waals surface area contributed by atoms with Gasteiger partial charge in [-0.3, -0.25) is 0 Å². The van der Waals surface area contributed by atoms with Crippen molar-refractivity contribution >= 4 is 15.9 Å². The van der Waals surface area contributed by atoms with Crippen molar-refractivity contribution in [2.24, 2.45) is 0 Å². The molecule has 0 aliphatic heterocycles. The van der Waals surface area contributed by atoms with E-state index < -0.39 is 16.7 Å². The van der Waals surface area contributed by atoms with E-state index in [1.807, 2.05) is 0 Å². The van der Waals surface area contributed by atoms with E-state index in [0.29, 0.717) is 0 Å². The molecule has 0 saturated heterocycles. The first-order valence-corrected chi connectivity index (χ1v) is 4.18. The maximum Gasteiger partial charge on any atom is 0.182 e. The Bertz CT molecular complexity index is 297. The Morgan fingerprint density at radius 2 is 1.92 bits per heavy atom. The Balaban J connectivity index is 3.27. The highest BCUT2D eigenvalue weighted by molar-refractivity contribution is 9.09. The Morgan fingerprint density at radius 1 is 1.33 bits per heavy atom. The van der Waals surface area contributed by atoms with Crippen LogP contribution < -0.4 is 0 Å². The summed E-state index contributed by atoms with van der Waals surface area (Å²) in [5.74, 6) is -1.50. The van der Waals surface area contributed by atoms with E-state index in [9.17, 15) is 13.2 Å². The van der Waals surface area contributed by atoms with Crippen LogP contribution in [-0.4, -0.2) is 0 Å². The largest absolute Gasteiger partial charge is 0.230 e. The SMILES string of the molecule is Cc1c(F)ccc(C(F)Br)c1F. The van der Waals surface area contributed by atoms with Crippen molar-refractivity contribution in [1.82, 2.24) is 0 Å². The molecule has 0 fully saturated rings. The maximum absolute atomic E-state index is 13.0. The zero-order valence-electron chi connectivity index (χ0n) is 6.24. The minimum atomic E-state index is -1.59. The Kier molecular flexibility index (Phi) is 2.77. The molecule has 0 N–H and O–H groups in total. The molecule has 1 unspecified atom stereocenters. The van der Waals surface area contributed by atoms with Crippen LogP contribution in [0.15, 0.2) is 12.1 Å². The molecule has 0 amide bonds. The van der Waals surface area contributed by atoms with Gasteiger partial charge in [-0.15, -0.1) is 0 Å². The predicted molar refractivity (Wildman–Crippen MR) is 43.9 cm³/mol. The number of benzene rings is 1. The van der Waals surface area contributed by atoms with E-state index >= 15 is 0 Å². The second-order valence-corrected chi connectivity index (χ2v) is 3.18. The lowest BCUT2D eigenvalue weighted by Crippen LogP contribution is -1.95. The van der Waals surface area contributed by atoms with Crippen molar-refractivity contribution in [1.29, 1.82) is 0 Å². The lowest BCUT2D eigenvalue weighted by Gasteiger charge is -2.05. The Hall–Kier alpha value is -0.510. The van der Waals surface area contributed by atoms with Gasteiger partial charge < -0.3 is 0 Å². The summed E-state index contributed by atoms with van der Waals surface area (Å²) in [6.07, 6.45) is 0. The molecule has 1 atom stereocenters. The molecule has 4 heteroatoms. The average Bonchev–Trinajstić information content (AvgIpc) is 2.00. The molecule has 0 radical (unpaired) electrons. The fourth-order valence-corrected chi connectivity index (χ4v) is 1.20. The first kappa shape index (κ1) is 9.58. The molecule has 0 aliphatic carbocycles. The van der Waals surface area contributed by atoms with Crippen molar-refractivity contribution in [3.05, 3.63) is 34.9 Å². The van der Waals surface area contributed by atoms with Gasteiger partial charge in [0.1, 0.15) is 11.6 Å². The number of rotatable bonds is 1. The van der Waals surface area contributed by atoms with Gasteiger partial charge in [0, 0.05) is 11.1 Å². The molecule has 1 rings (SSSR count). The van der Waals surface area contributed by atoms with E-state index in [0.717, 1.165) is 12.1 Å². The second kappa shape index (κ2) is 3.47. The van der Waals surface area contributed by atoms with Gasteiger partial charge in [-0.1, -0.05) is 0 Å². The number of alkyl halides is 2. The highest BCUT2D eigenvalue weighted by Crippen LogP contribution is 2.28. The highest BCUT2D eigenvalue weighted by atomic mass is 79.9. The number of halogens is 4. The van der Waals surface area contributed by atoms with E-state index in [4.69, 9.17) is 0 Å². The monoisotopic (exact) mass is 238 g/mol.